The highest BCUT2D eigenvalue weighted by atomic mass is 35.5. The van der Waals surface area contributed by atoms with Gasteiger partial charge in [-0.05, 0) is 23.5 Å². The summed E-state index contributed by atoms with van der Waals surface area (Å²) in [4.78, 5) is 11.9. The summed E-state index contributed by atoms with van der Waals surface area (Å²) in [6.07, 6.45) is -2.96. The fourth-order valence-corrected chi connectivity index (χ4v) is 2.72. The van der Waals surface area contributed by atoms with Crippen molar-refractivity contribution in [1.82, 2.24) is 0 Å². The summed E-state index contributed by atoms with van der Waals surface area (Å²) in [5, 5.41) is 0. The van der Waals surface area contributed by atoms with Crippen LogP contribution in [0.3, 0.4) is 0 Å². The Morgan fingerprint density at radius 1 is 1.26 bits per heavy atom. The van der Waals surface area contributed by atoms with Gasteiger partial charge in [-0.25, -0.2) is 13.2 Å². The highest BCUT2D eigenvalue weighted by molar-refractivity contribution is 6.25. The van der Waals surface area contributed by atoms with E-state index < -0.39 is 52.3 Å². The Morgan fingerprint density at radius 2 is 1.87 bits per heavy atom. The number of benzene rings is 1. The van der Waals surface area contributed by atoms with E-state index in [-0.39, 0.29) is 0 Å². The van der Waals surface area contributed by atoms with Crippen LogP contribution in [0.5, 0.6) is 0 Å². The van der Waals surface area contributed by atoms with Crippen molar-refractivity contribution < 1.29 is 31.5 Å². The molecule has 2 nitrogen and oxygen atoms in total. The molecule has 8 heteroatoms. The van der Waals surface area contributed by atoms with Crippen molar-refractivity contribution in [1.29, 1.82) is 0 Å². The topological polar surface area (TPSA) is 26.3 Å². The number of allylic oxidation sites excluding steroid dienone is 1. The van der Waals surface area contributed by atoms with E-state index in [0.29, 0.717) is 12.1 Å². The van der Waals surface area contributed by atoms with Crippen molar-refractivity contribution in [3.05, 3.63) is 46.8 Å². The van der Waals surface area contributed by atoms with Crippen molar-refractivity contribution >= 4 is 17.6 Å². The van der Waals surface area contributed by atoms with Crippen LogP contribution < -0.4 is 0 Å². The van der Waals surface area contributed by atoms with E-state index in [1.807, 2.05) is 0 Å². The fourth-order valence-electron chi connectivity index (χ4n) is 2.56. The third-order valence-corrected chi connectivity index (χ3v) is 4.17. The lowest BCUT2D eigenvalue weighted by molar-refractivity contribution is -0.243. The first-order valence-corrected chi connectivity index (χ1v) is 6.99. The smallest absolute Gasteiger partial charge is 0.397 e. The predicted octanol–water partition coefficient (Wildman–Crippen LogP) is 4.72. The fraction of sp³-hybridized carbons (Fsp3) is 0.400. The second kappa shape index (κ2) is 5.78. The standard InChI is InChI=1S/C15H12ClF5O2/c1-14(2)7(5-6-16)10(14)13(22)23-15(20,21)8-3-4-9(17)12(19)11(8)18/h3-7,10H,1-2H3/t7-,10+/m1/s1. The van der Waals surface area contributed by atoms with Crippen molar-refractivity contribution in [3.8, 4) is 0 Å². The number of carbonyl (C=O) groups is 1. The Kier molecular flexibility index (Phi) is 4.45. The van der Waals surface area contributed by atoms with Crippen LogP contribution in [0, 0.1) is 34.7 Å². The molecule has 1 aliphatic carbocycles. The van der Waals surface area contributed by atoms with E-state index in [1.54, 1.807) is 13.8 Å². The van der Waals surface area contributed by atoms with E-state index in [9.17, 15) is 26.7 Å². The largest absolute Gasteiger partial charge is 0.431 e. The van der Waals surface area contributed by atoms with Gasteiger partial charge in [0.1, 0.15) is 5.56 Å². The van der Waals surface area contributed by atoms with Crippen LogP contribution >= 0.6 is 11.6 Å². The molecule has 0 bridgehead atoms. The van der Waals surface area contributed by atoms with E-state index in [1.165, 1.54) is 6.08 Å². The average Bonchev–Trinajstić information content (AvgIpc) is 2.97. The van der Waals surface area contributed by atoms with E-state index in [0.717, 1.165) is 5.54 Å². The first-order valence-electron chi connectivity index (χ1n) is 6.55. The lowest BCUT2D eigenvalue weighted by Gasteiger charge is -2.18. The van der Waals surface area contributed by atoms with Gasteiger partial charge in [0.15, 0.2) is 17.5 Å². The zero-order valence-corrected chi connectivity index (χ0v) is 12.8. The minimum atomic E-state index is -4.43. The van der Waals surface area contributed by atoms with Gasteiger partial charge < -0.3 is 4.74 Å². The minimum absolute atomic E-state index is 0.329. The molecule has 0 heterocycles. The maximum absolute atomic E-state index is 13.9. The summed E-state index contributed by atoms with van der Waals surface area (Å²) in [5.41, 5.74) is -1.04. The first-order chi connectivity index (χ1) is 10.5. The van der Waals surface area contributed by atoms with E-state index >= 15 is 0 Å². The molecule has 0 spiro atoms. The number of halogens is 6. The van der Waals surface area contributed by atoms with Gasteiger partial charge in [0.25, 0.3) is 0 Å². The molecule has 2 rings (SSSR count). The Bertz CT molecular complexity index is 672. The second-order valence-corrected chi connectivity index (χ2v) is 6.06. The molecule has 0 aliphatic heterocycles. The van der Waals surface area contributed by atoms with Gasteiger partial charge in [-0.1, -0.05) is 31.5 Å². The molecule has 0 radical (unpaired) electrons. The highest BCUT2D eigenvalue weighted by Gasteiger charge is 2.62. The van der Waals surface area contributed by atoms with Gasteiger partial charge in [0.2, 0.25) is 0 Å². The van der Waals surface area contributed by atoms with Crippen LogP contribution in [0.4, 0.5) is 22.0 Å². The van der Waals surface area contributed by atoms with Crippen LogP contribution in [-0.2, 0) is 15.6 Å². The monoisotopic (exact) mass is 354 g/mol. The summed E-state index contributed by atoms with van der Waals surface area (Å²) >= 11 is 5.41. The molecule has 0 unspecified atom stereocenters. The number of alkyl halides is 2. The molecular weight excluding hydrogens is 343 g/mol. The Labute approximate surface area is 133 Å². The summed E-state index contributed by atoms with van der Waals surface area (Å²) in [6, 6.07) is 0.658. The molecule has 23 heavy (non-hydrogen) atoms. The quantitative estimate of drug-likeness (QED) is 0.444. The van der Waals surface area contributed by atoms with Gasteiger partial charge in [-0.3, -0.25) is 4.79 Å². The predicted molar refractivity (Wildman–Crippen MR) is 72.1 cm³/mol. The molecule has 0 aromatic heterocycles. The van der Waals surface area contributed by atoms with Crippen LogP contribution in [0.15, 0.2) is 23.7 Å². The molecule has 1 aromatic carbocycles. The SMILES string of the molecule is CC1(C)[C@H](C=CCl)[C@H]1C(=O)OC(F)(F)c1ccc(F)c(F)c1F. The highest BCUT2D eigenvalue weighted by Crippen LogP contribution is 2.60. The molecule has 0 N–H and O–H groups in total. The molecule has 1 aromatic rings. The Hall–Kier alpha value is -1.63. The number of hydrogen-bond acceptors (Lipinski definition) is 2. The summed E-state index contributed by atoms with van der Waals surface area (Å²) in [6.45, 7) is 3.30. The number of carbonyl (C=O) groups excluding carboxylic acids is 1. The number of hydrogen-bond donors (Lipinski definition) is 0. The van der Waals surface area contributed by atoms with Gasteiger partial charge in [0.05, 0.1) is 5.92 Å². The summed E-state index contributed by atoms with van der Waals surface area (Å²) in [5.74, 6) is -8.36. The maximum Gasteiger partial charge on any atom is 0.431 e. The maximum atomic E-state index is 13.9. The van der Waals surface area contributed by atoms with Crippen molar-refractivity contribution in [2.75, 3.05) is 0 Å². The zero-order chi connectivity index (χ0) is 17.6. The molecule has 0 saturated heterocycles. The van der Waals surface area contributed by atoms with Gasteiger partial charge in [0, 0.05) is 5.54 Å². The Balaban J connectivity index is 2.23. The normalized spacial score (nSPS) is 23.1. The Morgan fingerprint density at radius 3 is 2.43 bits per heavy atom. The van der Waals surface area contributed by atoms with Crippen LogP contribution in [-0.4, -0.2) is 5.97 Å². The second-order valence-electron chi connectivity index (χ2n) is 5.80. The van der Waals surface area contributed by atoms with E-state index in [4.69, 9.17) is 11.6 Å². The molecule has 1 saturated carbocycles. The van der Waals surface area contributed by atoms with Crippen LogP contribution in [0.25, 0.3) is 0 Å². The van der Waals surface area contributed by atoms with Gasteiger partial charge in [-0.2, -0.15) is 8.78 Å². The number of ether oxygens (including phenoxy) is 1. The van der Waals surface area contributed by atoms with Gasteiger partial charge in [-0.15, -0.1) is 0 Å². The lowest BCUT2D eigenvalue weighted by atomic mass is 10.1. The van der Waals surface area contributed by atoms with Crippen molar-refractivity contribution in [2.45, 2.75) is 20.0 Å². The minimum Gasteiger partial charge on any atom is -0.397 e. The van der Waals surface area contributed by atoms with E-state index in [2.05, 4.69) is 4.74 Å². The van der Waals surface area contributed by atoms with Crippen molar-refractivity contribution in [3.63, 3.8) is 0 Å². The zero-order valence-electron chi connectivity index (χ0n) is 12.0. The number of esters is 1. The first kappa shape index (κ1) is 17.7. The third kappa shape index (κ3) is 3.06. The van der Waals surface area contributed by atoms with Crippen LogP contribution in [0.2, 0.25) is 0 Å². The van der Waals surface area contributed by atoms with Crippen LogP contribution in [0.1, 0.15) is 19.4 Å². The molecule has 1 aliphatic rings. The molecule has 0 amide bonds. The average molecular weight is 355 g/mol. The lowest BCUT2D eigenvalue weighted by Crippen LogP contribution is -2.26. The molecule has 1 fully saturated rings. The summed E-state index contributed by atoms with van der Waals surface area (Å²) in [7, 11) is 0. The van der Waals surface area contributed by atoms with Crippen molar-refractivity contribution in [2.24, 2.45) is 17.3 Å². The summed E-state index contributed by atoms with van der Waals surface area (Å²) < 4.78 is 71.2. The molecule has 126 valence electrons. The van der Waals surface area contributed by atoms with Gasteiger partial charge >= 0.3 is 12.1 Å². The number of rotatable bonds is 4. The molecule has 2 atom stereocenters. The molecular formula is C15H12ClF5O2. The third-order valence-electron chi connectivity index (χ3n) is 4.02.